The first-order valence-corrected chi connectivity index (χ1v) is 5.93. The number of ether oxygens (including phenoxy) is 2. The lowest BCUT2D eigenvalue weighted by Gasteiger charge is -2.30. The Labute approximate surface area is 104 Å². The highest BCUT2D eigenvalue weighted by Gasteiger charge is 2.23. The first-order valence-electron chi connectivity index (χ1n) is 5.93. The van der Waals surface area contributed by atoms with E-state index in [1.807, 2.05) is 58.9 Å². The molecule has 2 nitrogen and oxygen atoms in total. The van der Waals surface area contributed by atoms with Crippen molar-refractivity contribution in [2.45, 2.75) is 46.5 Å². The molecule has 0 atom stereocenters. The Morgan fingerprint density at radius 2 is 1.82 bits per heavy atom. The lowest BCUT2D eigenvalue weighted by atomic mass is 10.1. The Hall–Kier alpha value is -1.28. The minimum Gasteiger partial charge on any atom is -0.463 e. The highest BCUT2D eigenvalue weighted by Crippen LogP contribution is 2.25. The lowest BCUT2D eigenvalue weighted by Crippen LogP contribution is -2.30. The summed E-state index contributed by atoms with van der Waals surface area (Å²) in [7, 11) is 0. The van der Waals surface area contributed by atoms with Gasteiger partial charge in [-0.2, -0.15) is 0 Å². The zero-order chi connectivity index (χ0) is 13.1. The Bertz CT molecular complexity index is 392. The maximum absolute atomic E-state index is 5.80. The van der Waals surface area contributed by atoms with E-state index in [1.165, 1.54) is 0 Å². The summed E-state index contributed by atoms with van der Waals surface area (Å²) < 4.78 is 11.5. The van der Waals surface area contributed by atoms with Crippen LogP contribution < -0.4 is 0 Å². The fourth-order valence-corrected chi connectivity index (χ4v) is 1.83. The zero-order valence-electron chi connectivity index (χ0n) is 11.4. The summed E-state index contributed by atoms with van der Waals surface area (Å²) >= 11 is 0. The molecule has 0 aliphatic carbocycles. The van der Waals surface area contributed by atoms with Crippen molar-refractivity contribution in [3.8, 4) is 0 Å². The third kappa shape index (κ3) is 4.23. The van der Waals surface area contributed by atoms with Crippen LogP contribution in [0.5, 0.6) is 0 Å². The number of hydrogen-bond acceptors (Lipinski definition) is 2. The molecule has 0 heterocycles. The SMILES string of the molecule is C=C(OC(C)(C)OC(C)C)c1ccccc1C. The summed E-state index contributed by atoms with van der Waals surface area (Å²) in [6.45, 7) is 13.8. The summed E-state index contributed by atoms with van der Waals surface area (Å²) in [6, 6.07) is 8.03. The molecule has 0 N–H and O–H groups in total. The molecule has 1 rings (SSSR count). The molecule has 0 unspecified atom stereocenters. The smallest absolute Gasteiger partial charge is 0.205 e. The minimum absolute atomic E-state index is 0.120. The van der Waals surface area contributed by atoms with Crippen molar-refractivity contribution < 1.29 is 9.47 Å². The van der Waals surface area contributed by atoms with Crippen LogP contribution in [0.1, 0.15) is 38.8 Å². The molecule has 0 fully saturated rings. The Kier molecular flexibility index (Phi) is 4.35. The van der Waals surface area contributed by atoms with Crippen LogP contribution in [-0.2, 0) is 9.47 Å². The molecule has 94 valence electrons. The largest absolute Gasteiger partial charge is 0.463 e. The van der Waals surface area contributed by atoms with Crippen molar-refractivity contribution in [1.82, 2.24) is 0 Å². The van der Waals surface area contributed by atoms with Crippen molar-refractivity contribution in [2.24, 2.45) is 0 Å². The molecule has 1 aromatic carbocycles. The zero-order valence-corrected chi connectivity index (χ0v) is 11.4. The topological polar surface area (TPSA) is 18.5 Å². The van der Waals surface area contributed by atoms with Crippen LogP contribution >= 0.6 is 0 Å². The van der Waals surface area contributed by atoms with Crippen LogP contribution in [0.3, 0.4) is 0 Å². The van der Waals surface area contributed by atoms with Gasteiger partial charge in [-0.3, -0.25) is 0 Å². The van der Waals surface area contributed by atoms with Crippen molar-refractivity contribution >= 4 is 5.76 Å². The summed E-state index contributed by atoms with van der Waals surface area (Å²) in [6.07, 6.45) is 0.120. The second-order valence-corrected chi connectivity index (χ2v) is 4.91. The molecule has 2 heteroatoms. The van der Waals surface area contributed by atoms with Gasteiger partial charge in [0.15, 0.2) is 0 Å². The summed E-state index contributed by atoms with van der Waals surface area (Å²) in [5, 5.41) is 0. The Balaban J connectivity index is 2.76. The molecule has 17 heavy (non-hydrogen) atoms. The van der Waals surface area contributed by atoms with Gasteiger partial charge in [0.2, 0.25) is 5.79 Å². The molecule has 0 aliphatic heterocycles. The molecule has 1 aromatic rings. The predicted molar refractivity (Wildman–Crippen MR) is 71.6 cm³/mol. The van der Waals surface area contributed by atoms with E-state index in [4.69, 9.17) is 9.47 Å². The lowest BCUT2D eigenvalue weighted by molar-refractivity contribution is -0.193. The molecule has 0 amide bonds. The molecule has 0 aliphatic rings. The van der Waals surface area contributed by atoms with E-state index in [0.717, 1.165) is 11.1 Å². The molecular weight excluding hydrogens is 212 g/mol. The van der Waals surface area contributed by atoms with Gasteiger partial charge in [0.05, 0.1) is 6.10 Å². The molecule has 0 radical (unpaired) electrons. The van der Waals surface area contributed by atoms with Gasteiger partial charge in [-0.15, -0.1) is 0 Å². The molecule has 0 saturated carbocycles. The number of aryl methyl sites for hydroxylation is 1. The fraction of sp³-hybridized carbons (Fsp3) is 0.467. The Morgan fingerprint density at radius 3 is 2.35 bits per heavy atom. The predicted octanol–water partition coefficient (Wildman–Crippen LogP) is 4.14. The van der Waals surface area contributed by atoms with Crippen molar-refractivity contribution in [2.75, 3.05) is 0 Å². The van der Waals surface area contributed by atoms with E-state index < -0.39 is 5.79 Å². The van der Waals surface area contributed by atoms with Crippen molar-refractivity contribution in [3.63, 3.8) is 0 Å². The van der Waals surface area contributed by atoms with E-state index in [2.05, 4.69) is 6.58 Å². The van der Waals surface area contributed by atoms with Crippen LogP contribution in [0.25, 0.3) is 5.76 Å². The summed E-state index contributed by atoms with van der Waals surface area (Å²) in [5.74, 6) is -0.0122. The molecule has 0 bridgehead atoms. The van der Waals surface area contributed by atoms with Crippen LogP contribution in [0.15, 0.2) is 30.8 Å². The van der Waals surface area contributed by atoms with E-state index in [-0.39, 0.29) is 6.10 Å². The van der Waals surface area contributed by atoms with Gasteiger partial charge >= 0.3 is 0 Å². The van der Waals surface area contributed by atoms with Gasteiger partial charge in [-0.1, -0.05) is 30.8 Å². The molecular formula is C15H22O2. The quantitative estimate of drug-likeness (QED) is 0.563. The summed E-state index contributed by atoms with van der Waals surface area (Å²) in [5.41, 5.74) is 2.17. The highest BCUT2D eigenvalue weighted by atomic mass is 16.7. The van der Waals surface area contributed by atoms with Crippen molar-refractivity contribution in [3.05, 3.63) is 42.0 Å². The van der Waals surface area contributed by atoms with E-state index in [0.29, 0.717) is 5.76 Å². The average Bonchev–Trinajstić information content (AvgIpc) is 2.14. The first-order chi connectivity index (χ1) is 7.82. The van der Waals surface area contributed by atoms with Crippen molar-refractivity contribution in [1.29, 1.82) is 0 Å². The highest BCUT2D eigenvalue weighted by molar-refractivity contribution is 5.60. The van der Waals surface area contributed by atoms with E-state index in [9.17, 15) is 0 Å². The molecule has 0 saturated heterocycles. The third-order valence-corrected chi connectivity index (χ3v) is 2.33. The van der Waals surface area contributed by atoms with Crippen LogP contribution in [-0.4, -0.2) is 11.9 Å². The number of benzene rings is 1. The fourth-order valence-electron chi connectivity index (χ4n) is 1.83. The maximum atomic E-state index is 5.80. The normalized spacial score (nSPS) is 11.6. The summed E-state index contributed by atoms with van der Waals surface area (Å²) in [4.78, 5) is 0. The molecule has 0 aromatic heterocycles. The van der Waals surface area contributed by atoms with Crippen LogP contribution in [0.2, 0.25) is 0 Å². The van der Waals surface area contributed by atoms with Gasteiger partial charge in [0.1, 0.15) is 5.76 Å². The molecule has 0 spiro atoms. The number of rotatable bonds is 5. The van der Waals surface area contributed by atoms with Gasteiger partial charge in [0.25, 0.3) is 0 Å². The van der Waals surface area contributed by atoms with Gasteiger partial charge in [0, 0.05) is 19.4 Å². The van der Waals surface area contributed by atoms with Gasteiger partial charge in [-0.05, 0) is 26.3 Å². The maximum Gasteiger partial charge on any atom is 0.205 e. The second-order valence-electron chi connectivity index (χ2n) is 4.91. The standard InChI is InChI=1S/C15H22O2/c1-11(2)16-15(5,6)17-13(4)14-10-8-7-9-12(14)3/h7-11H,4H2,1-3,5-6H3. The first kappa shape index (κ1) is 13.8. The van der Waals surface area contributed by atoms with Gasteiger partial charge < -0.3 is 9.47 Å². The second kappa shape index (κ2) is 5.37. The van der Waals surface area contributed by atoms with E-state index in [1.54, 1.807) is 0 Å². The van der Waals surface area contributed by atoms with Gasteiger partial charge in [-0.25, -0.2) is 0 Å². The minimum atomic E-state index is -0.659. The monoisotopic (exact) mass is 234 g/mol. The van der Waals surface area contributed by atoms with Crippen LogP contribution in [0, 0.1) is 6.92 Å². The van der Waals surface area contributed by atoms with Crippen LogP contribution in [0.4, 0.5) is 0 Å². The number of hydrogen-bond donors (Lipinski definition) is 0. The Morgan fingerprint density at radius 1 is 1.24 bits per heavy atom. The van der Waals surface area contributed by atoms with E-state index >= 15 is 0 Å². The third-order valence-electron chi connectivity index (χ3n) is 2.33. The average molecular weight is 234 g/mol.